The Labute approximate surface area is 149 Å². The summed E-state index contributed by atoms with van der Waals surface area (Å²) in [6, 6.07) is 10.8. The molecule has 5 nitrogen and oxygen atoms in total. The van der Waals surface area contributed by atoms with Crippen molar-refractivity contribution in [3.8, 4) is 5.75 Å². The molecule has 2 aromatic rings. The van der Waals surface area contributed by atoms with Crippen LogP contribution < -0.4 is 4.74 Å². The minimum atomic E-state index is -0.391. The smallest absolute Gasteiger partial charge is 0.260 e. The van der Waals surface area contributed by atoms with Crippen molar-refractivity contribution in [2.45, 2.75) is 0 Å². The predicted molar refractivity (Wildman–Crippen MR) is 90.8 cm³/mol. The summed E-state index contributed by atoms with van der Waals surface area (Å²) in [5, 5.41) is 0. The Bertz CT molecular complexity index is 770. The number of piperazine rings is 1. The molecule has 7 heteroatoms. The van der Waals surface area contributed by atoms with Crippen LogP contribution in [0.5, 0.6) is 5.75 Å². The van der Waals surface area contributed by atoms with Crippen molar-refractivity contribution in [1.29, 1.82) is 0 Å². The first kappa shape index (κ1) is 17.8. The molecule has 1 aliphatic heterocycles. The van der Waals surface area contributed by atoms with Crippen molar-refractivity contribution in [2.75, 3.05) is 32.8 Å². The summed E-state index contributed by atoms with van der Waals surface area (Å²) in [7, 11) is 0. The molecule has 0 atom stereocenters. The fourth-order valence-electron chi connectivity index (χ4n) is 2.70. The summed E-state index contributed by atoms with van der Waals surface area (Å²) in [5.41, 5.74) is 0.422. The normalized spacial score (nSPS) is 14.2. The van der Waals surface area contributed by atoms with Gasteiger partial charge in [0.25, 0.3) is 11.8 Å². The molecule has 1 saturated heterocycles. The third kappa shape index (κ3) is 4.36. The van der Waals surface area contributed by atoms with Crippen LogP contribution in [0.4, 0.5) is 8.78 Å². The summed E-state index contributed by atoms with van der Waals surface area (Å²) in [6.07, 6.45) is 0. The van der Waals surface area contributed by atoms with Crippen LogP contribution >= 0.6 is 0 Å². The minimum Gasteiger partial charge on any atom is -0.484 e. The van der Waals surface area contributed by atoms with Gasteiger partial charge in [0.15, 0.2) is 6.61 Å². The van der Waals surface area contributed by atoms with E-state index < -0.39 is 5.82 Å². The summed E-state index contributed by atoms with van der Waals surface area (Å²) >= 11 is 0. The zero-order valence-electron chi connectivity index (χ0n) is 14.0. The van der Waals surface area contributed by atoms with Crippen molar-refractivity contribution in [3.63, 3.8) is 0 Å². The van der Waals surface area contributed by atoms with Crippen LogP contribution in [0.15, 0.2) is 48.5 Å². The van der Waals surface area contributed by atoms with Crippen LogP contribution in [-0.4, -0.2) is 54.4 Å². The highest BCUT2D eigenvalue weighted by molar-refractivity contribution is 5.94. The molecule has 136 valence electrons. The Morgan fingerprint density at radius 1 is 0.808 bits per heavy atom. The summed E-state index contributed by atoms with van der Waals surface area (Å²) in [4.78, 5) is 27.8. The molecular formula is C19H18F2N2O3. The second kappa shape index (κ2) is 7.95. The molecule has 1 aliphatic rings. The van der Waals surface area contributed by atoms with Gasteiger partial charge in [-0.25, -0.2) is 8.78 Å². The molecule has 3 rings (SSSR count). The lowest BCUT2D eigenvalue weighted by Gasteiger charge is -2.34. The zero-order valence-corrected chi connectivity index (χ0v) is 14.0. The maximum atomic E-state index is 12.9. The van der Waals surface area contributed by atoms with E-state index in [0.29, 0.717) is 37.5 Å². The van der Waals surface area contributed by atoms with E-state index in [1.807, 2.05) is 0 Å². The van der Waals surface area contributed by atoms with Crippen LogP contribution in [0, 0.1) is 11.6 Å². The van der Waals surface area contributed by atoms with Gasteiger partial charge in [0.2, 0.25) is 0 Å². The molecule has 0 spiro atoms. The van der Waals surface area contributed by atoms with Crippen LogP contribution in [0.1, 0.15) is 10.4 Å². The highest BCUT2D eigenvalue weighted by Gasteiger charge is 2.25. The third-order valence-electron chi connectivity index (χ3n) is 4.19. The van der Waals surface area contributed by atoms with Gasteiger partial charge in [-0.05, 0) is 48.5 Å². The zero-order chi connectivity index (χ0) is 18.5. The molecule has 0 unspecified atom stereocenters. The highest BCUT2D eigenvalue weighted by Crippen LogP contribution is 2.13. The van der Waals surface area contributed by atoms with Gasteiger partial charge < -0.3 is 14.5 Å². The number of ether oxygens (including phenoxy) is 1. The fourth-order valence-corrected chi connectivity index (χ4v) is 2.70. The summed E-state index contributed by atoms with van der Waals surface area (Å²) in [6.45, 7) is 1.46. The molecule has 2 aromatic carbocycles. The van der Waals surface area contributed by atoms with Gasteiger partial charge >= 0.3 is 0 Å². The SMILES string of the molecule is O=C(COc1ccc(F)cc1)N1CCN(C(=O)c2ccc(F)cc2)CC1. The van der Waals surface area contributed by atoms with Crippen LogP contribution in [-0.2, 0) is 4.79 Å². The standard InChI is InChI=1S/C19H18F2N2O3/c20-15-3-1-14(2-4-15)19(25)23-11-9-22(10-12-23)18(24)13-26-17-7-5-16(21)6-8-17/h1-8H,9-13H2. The summed E-state index contributed by atoms with van der Waals surface area (Å²) in [5.74, 6) is -0.712. The number of carbonyl (C=O) groups is 2. The number of nitrogens with zero attached hydrogens (tertiary/aromatic N) is 2. The number of amides is 2. The maximum Gasteiger partial charge on any atom is 0.260 e. The Morgan fingerprint density at radius 3 is 1.88 bits per heavy atom. The molecular weight excluding hydrogens is 342 g/mol. The number of halogens is 2. The van der Waals surface area contributed by atoms with Crippen molar-refractivity contribution in [1.82, 2.24) is 9.80 Å². The van der Waals surface area contributed by atoms with Gasteiger partial charge in [-0.2, -0.15) is 0 Å². The Kier molecular flexibility index (Phi) is 5.46. The van der Waals surface area contributed by atoms with Gasteiger partial charge in [-0.1, -0.05) is 0 Å². The van der Waals surface area contributed by atoms with Crippen molar-refractivity contribution >= 4 is 11.8 Å². The Hall–Kier alpha value is -2.96. The average molecular weight is 360 g/mol. The third-order valence-corrected chi connectivity index (χ3v) is 4.19. The van der Waals surface area contributed by atoms with Gasteiger partial charge in [0.1, 0.15) is 17.4 Å². The van der Waals surface area contributed by atoms with E-state index in [1.165, 1.54) is 48.5 Å². The molecule has 0 bridgehead atoms. The van der Waals surface area contributed by atoms with E-state index in [4.69, 9.17) is 4.74 Å². The molecule has 0 saturated carbocycles. The molecule has 0 aliphatic carbocycles. The average Bonchev–Trinajstić information content (AvgIpc) is 2.67. The first-order valence-corrected chi connectivity index (χ1v) is 8.24. The van der Waals surface area contributed by atoms with E-state index in [0.717, 1.165) is 0 Å². The first-order valence-electron chi connectivity index (χ1n) is 8.24. The van der Waals surface area contributed by atoms with E-state index in [-0.39, 0.29) is 24.2 Å². The molecule has 1 fully saturated rings. The number of benzene rings is 2. The molecule has 1 heterocycles. The molecule has 0 aromatic heterocycles. The van der Waals surface area contributed by atoms with Crippen molar-refractivity contribution in [2.24, 2.45) is 0 Å². The Balaban J connectivity index is 1.48. The minimum absolute atomic E-state index is 0.141. The lowest BCUT2D eigenvalue weighted by Crippen LogP contribution is -2.51. The second-order valence-electron chi connectivity index (χ2n) is 5.92. The fraction of sp³-hybridized carbons (Fsp3) is 0.263. The first-order chi connectivity index (χ1) is 12.5. The highest BCUT2D eigenvalue weighted by atomic mass is 19.1. The van der Waals surface area contributed by atoms with Gasteiger partial charge in [-0.3, -0.25) is 9.59 Å². The Morgan fingerprint density at radius 2 is 1.31 bits per heavy atom. The van der Waals surface area contributed by atoms with E-state index in [9.17, 15) is 18.4 Å². The molecule has 2 amide bonds. The molecule has 0 radical (unpaired) electrons. The molecule has 26 heavy (non-hydrogen) atoms. The van der Waals surface area contributed by atoms with Crippen LogP contribution in [0.2, 0.25) is 0 Å². The number of hydrogen-bond acceptors (Lipinski definition) is 3. The van der Waals surface area contributed by atoms with Gasteiger partial charge in [0.05, 0.1) is 0 Å². The summed E-state index contributed by atoms with van der Waals surface area (Å²) < 4.78 is 31.1. The van der Waals surface area contributed by atoms with Crippen LogP contribution in [0.25, 0.3) is 0 Å². The van der Waals surface area contributed by atoms with Gasteiger partial charge in [0, 0.05) is 31.7 Å². The monoisotopic (exact) mass is 360 g/mol. The van der Waals surface area contributed by atoms with Crippen molar-refractivity contribution in [3.05, 3.63) is 65.7 Å². The van der Waals surface area contributed by atoms with E-state index in [2.05, 4.69) is 0 Å². The quantitative estimate of drug-likeness (QED) is 0.841. The maximum absolute atomic E-state index is 12.9. The second-order valence-corrected chi connectivity index (χ2v) is 5.92. The lowest BCUT2D eigenvalue weighted by molar-refractivity contribution is -0.134. The topological polar surface area (TPSA) is 49.9 Å². The van der Waals surface area contributed by atoms with Crippen LogP contribution in [0.3, 0.4) is 0 Å². The predicted octanol–water partition coefficient (Wildman–Crippen LogP) is 2.33. The van der Waals surface area contributed by atoms with E-state index >= 15 is 0 Å². The lowest BCUT2D eigenvalue weighted by atomic mass is 10.2. The van der Waals surface area contributed by atoms with Crippen molar-refractivity contribution < 1.29 is 23.1 Å². The van der Waals surface area contributed by atoms with Gasteiger partial charge in [-0.15, -0.1) is 0 Å². The van der Waals surface area contributed by atoms with E-state index in [1.54, 1.807) is 9.80 Å². The number of hydrogen-bond donors (Lipinski definition) is 0. The number of rotatable bonds is 4. The number of carbonyl (C=O) groups excluding carboxylic acids is 2. The molecule has 0 N–H and O–H groups in total. The largest absolute Gasteiger partial charge is 0.484 e.